The fourth-order valence-corrected chi connectivity index (χ4v) is 2.65. The van der Waals surface area contributed by atoms with Gasteiger partial charge in [0.05, 0.1) is 11.0 Å². The van der Waals surface area contributed by atoms with Crippen molar-refractivity contribution >= 4 is 28.6 Å². The van der Waals surface area contributed by atoms with Crippen molar-refractivity contribution in [1.82, 2.24) is 15.3 Å². The van der Waals surface area contributed by atoms with Gasteiger partial charge >= 0.3 is 0 Å². The molecule has 3 N–H and O–H groups in total. The zero-order valence-corrected chi connectivity index (χ0v) is 14.5. The van der Waals surface area contributed by atoms with Crippen LogP contribution in [-0.2, 0) is 11.2 Å². The molecule has 0 atom stereocenters. The summed E-state index contributed by atoms with van der Waals surface area (Å²) < 4.78 is 0. The number of amides is 1. The van der Waals surface area contributed by atoms with E-state index in [2.05, 4.69) is 27.5 Å². The zero-order chi connectivity index (χ0) is 17.5. The third kappa shape index (κ3) is 4.83. The minimum atomic E-state index is 0.123. The molecule has 2 aromatic carbocycles. The number of nitrogens with zero attached hydrogens (tertiary/aromatic N) is 1. The van der Waals surface area contributed by atoms with E-state index in [1.165, 1.54) is 0 Å². The summed E-state index contributed by atoms with van der Waals surface area (Å²) >= 11 is 0. The Morgan fingerprint density at radius 1 is 1.12 bits per heavy atom. The standard InChI is InChI=1S/C20H24N4O/c1-2-3-14-21-19(25)13-10-15-8-11-16(12-9-15)22-20-23-17-6-4-5-7-18(17)24-20/h4-9,11-12H,2-3,10,13-14H2,1H3,(H,21,25)(H2,22,23,24). The zero-order valence-electron chi connectivity index (χ0n) is 14.5. The fraction of sp³-hybridized carbons (Fsp3) is 0.300. The van der Waals surface area contributed by atoms with Gasteiger partial charge in [-0.1, -0.05) is 37.6 Å². The maximum atomic E-state index is 11.7. The molecule has 0 radical (unpaired) electrons. The topological polar surface area (TPSA) is 69.8 Å². The second kappa shape index (κ2) is 8.33. The largest absolute Gasteiger partial charge is 0.356 e. The Labute approximate surface area is 147 Å². The molecule has 5 heteroatoms. The molecule has 1 aromatic heterocycles. The van der Waals surface area contributed by atoms with E-state index in [4.69, 9.17) is 0 Å². The maximum Gasteiger partial charge on any atom is 0.220 e. The summed E-state index contributed by atoms with van der Waals surface area (Å²) in [5.74, 6) is 0.849. The molecule has 0 bridgehead atoms. The van der Waals surface area contributed by atoms with E-state index in [0.29, 0.717) is 6.42 Å². The van der Waals surface area contributed by atoms with E-state index >= 15 is 0 Å². The van der Waals surface area contributed by atoms with Crippen LogP contribution in [0.1, 0.15) is 31.7 Å². The number of benzene rings is 2. The normalized spacial score (nSPS) is 10.8. The van der Waals surface area contributed by atoms with Crippen molar-refractivity contribution < 1.29 is 4.79 Å². The Morgan fingerprint density at radius 3 is 2.68 bits per heavy atom. The van der Waals surface area contributed by atoms with Crippen LogP contribution in [0.3, 0.4) is 0 Å². The first-order chi connectivity index (χ1) is 12.2. The smallest absolute Gasteiger partial charge is 0.220 e. The van der Waals surface area contributed by atoms with Crippen molar-refractivity contribution in [2.75, 3.05) is 11.9 Å². The second-order valence-corrected chi connectivity index (χ2v) is 6.13. The van der Waals surface area contributed by atoms with Gasteiger partial charge in [-0.2, -0.15) is 0 Å². The number of aromatic amines is 1. The molecule has 130 valence electrons. The number of H-pyrrole nitrogens is 1. The van der Waals surface area contributed by atoms with Crippen molar-refractivity contribution in [1.29, 1.82) is 0 Å². The maximum absolute atomic E-state index is 11.7. The van der Waals surface area contributed by atoms with Crippen LogP contribution < -0.4 is 10.6 Å². The molecule has 1 amide bonds. The molecule has 1 heterocycles. The predicted molar refractivity (Wildman–Crippen MR) is 102 cm³/mol. The van der Waals surface area contributed by atoms with Gasteiger partial charge in [-0.25, -0.2) is 4.98 Å². The first-order valence-corrected chi connectivity index (χ1v) is 8.82. The molecule has 0 unspecified atom stereocenters. The van der Waals surface area contributed by atoms with Gasteiger partial charge in [0.25, 0.3) is 0 Å². The number of anilines is 2. The first kappa shape index (κ1) is 17.0. The predicted octanol–water partition coefficient (Wildman–Crippen LogP) is 4.16. The van der Waals surface area contributed by atoms with Crippen LogP contribution in [0.2, 0.25) is 0 Å². The quantitative estimate of drug-likeness (QED) is 0.541. The van der Waals surface area contributed by atoms with Crippen LogP contribution in [0, 0.1) is 0 Å². The molecule has 0 aliphatic heterocycles. The highest BCUT2D eigenvalue weighted by Crippen LogP contribution is 2.18. The Kier molecular flexibility index (Phi) is 5.67. The van der Waals surface area contributed by atoms with Crippen LogP contribution in [0.5, 0.6) is 0 Å². The number of unbranched alkanes of at least 4 members (excludes halogenated alkanes) is 1. The van der Waals surface area contributed by atoms with Crippen molar-refractivity contribution in [2.24, 2.45) is 0 Å². The average Bonchev–Trinajstić information content (AvgIpc) is 3.03. The first-order valence-electron chi connectivity index (χ1n) is 8.82. The molecule has 5 nitrogen and oxygen atoms in total. The number of hydrogen-bond acceptors (Lipinski definition) is 3. The minimum absolute atomic E-state index is 0.123. The number of aromatic nitrogens is 2. The molecule has 0 saturated heterocycles. The molecule has 3 aromatic rings. The Bertz CT molecular complexity index is 790. The number of hydrogen-bond donors (Lipinski definition) is 3. The van der Waals surface area contributed by atoms with Crippen LogP contribution >= 0.6 is 0 Å². The molecule has 0 spiro atoms. The number of para-hydroxylation sites is 2. The Hall–Kier alpha value is -2.82. The molecule has 25 heavy (non-hydrogen) atoms. The van der Waals surface area contributed by atoms with E-state index in [9.17, 15) is 4.79 Å². The summed E-state index contributed by atoms with van der Waals surface area (Å²) in [6.45, 7) is 2.89. The molecule has 3 rings (SSSR count). The number of rotatable bonds is 8. The summed E-state index contributed by atoms with van der Waals surface area (Å²) in [7, 11) is 0. The summed E-state index contributed by atoms with van der Waals surface area (Å²) in [6.07, 6.45) is 3.41. The lowest BCUT2D eigenvalue weighted by Gasteiger charge is -2.06. The minimum Gasteiger partial charge on any atom is -0.356 e. The molecule has 0 aliphatic rings. The van der Waals surface area contributed by atoms with Crippen molar-refractivity contribution in [3.05, 3.63) is 54.1 Å². The fourth-order valence-electron chi connectivity index (χ4n) is 2.65. The van der Waals surface area contributed by atoms with E-state index in [-0.39, 0.29) is 5.91 Å². The summed E-state index contributed by atoms with van der Waals surface area (Å²) in [5, 5.41) is 6.22. The van der Waals surface area contributed by atoms with Crippen molar-refractivity contribution in [2.45, 2.75) is 32.6 Å². The van der Waals surface area contributed by atoms with E-state index in [1.54, 1.807) is 0 Å². The summed E-state index contributed by atoms with van der Waals surface area (Å²) in [5.41, 5.74) is 4.07. The number of aryl methyl sites for hydroxylation is 1. The van der Waals surface area contributed by atoms with E-state index < -0.39 is 0 Å². The number of carbonyl (C=O) groups is 1. The van der Waals surface area contributed by atoms with Gasteiger partial charge in [0.15, 0.2) is 0 Å². The van der Waals surface area contributed by atoms with E-state index in [1.807, 2.05) is 48.5 Å². The average molecular weight is 336 g/mol. The highest BCUT2D eigenvalue weighted by atomic mass is 16.1. The van der Waals surface area contributed by atoms with Gasteiger partial charge in [0.1, 0.15) is 0 Å². The lowest BCUT2D eigenvalue weighted by Crippen LogP contribution is -2.24. The number of carbonyl (C=O) groups excluding carboxylic acids is 1. The van der Waals surface area contributed by atoms with E-state index in [0.717, 1.165) is 54.0 Å². The van der Waals surface area contributed by atoms with Crippen LogP contribution in [0.15, 0.2) is 48.5 Å². The summed E-state index contributed by atoms with van der Waals surface area (Å²) in [6, 6.07) is 16.1. The molecular formula is C20H24N4O. The van der Waals surface area contributed by atoms with Crippen molar-refractivity contribution in [3.63, 3.8) is 0 Å². The molecule has 0 aliphatic carbocycles. The number of imidazole rings is 1. The number of fused-ring (bicyclic) bond motifs is 1. The lowest BCUT2D eigenvalue weighted by atomic mass is 10.1. The van der Waals surface area contributed by atoms with Gasteiger partial charge in [-0.15, -0.1) is 0 Å². The van der Waals surface area contributed by atoms with Gasteiger partial charge in [-0.3, -0.25) is 4.79 Å². The highest BCUT2D eigenvalue weighted by Gasteiger charge is 2.04. The summed E-state index contributed by atoms with van der Waals surface area (Å²) in [4.78, 5) is 19.5. The monoisotopic (exact) mass is 336 g/mol. The second-order valence-electron chi connectivity index (χ2n) is 6.13. The number of nitrogens with one attached hydrogen (secondary N) is 3. The van der Waals surface area contributed by atoms with Gasteiger partial charge in [-0.05, 0) is 42.7 Å². The molecular weight excluding hydrogens is 312 g/mol. The molecule has 0 fully saturated rings. The van der Waals surface area contributed by atoms with Crippen LogP contribution in [0.4, 0.5) is 11.6 Å². The lowest BCUT2D eigenvalue weighted by molar-refractivity contribution is -0.121. The van der Waals surface area contributed by atoms with Gasteiger partial charge < -0.3 is 15.6 Å². The Balaban J connectivity index is 1.52. The Morgan fingerprint density at radius 2 is 1.92 bits per heavy atom. The molecule has 0 saturated carbocycles. The third-order valence-corrected chi connectivity index (χ3v) is 4.10. The SMILES string of the molecule is CCCCNC(=O)CCc1ccc(Nc2nc3ccccc3[nH]2)cc1. The van der Waals surface area contributed by atoms with Gasteiger partial charge in [0.2, 0.25) is 11.9 Å². The third-order valence-electron chi connectivity index (χ3n) is 4.10. The highest BCUT2D eigenvalue weighted by molar-refractivity contribution is 5.78. The van der Waals surface area contributed by atoms with Crippen LogP contribution in [-0.4, -0.2) is 22.4 Å². The van der Waals surface area contributed by atoms with Crippen molar-refractivity contribution in [3.8, 4) is 0 Å². The van der Waals surface area contributed by atoms with Crippen LogP contribution in [0.25, 0.3) is 11.0 Å². The van der Waals surface area contributed by atoms with Gasteiger partial charge in [0, 0.05) is 18.7 Å².